The fourth-order valence-corrected chi connectivity index (χ4v) is 4.21. The Morgan fingerprint density at radius 2 is 1.72 bits per heavy atom. The molecule has 0 bridgehead atoms. The molecule has 2 nitrogen and oxygen atoms in total. The van der Waals surface area contributed by atoms with Gasteiger partial charge >= 0.3 is 0 Å². The van der Waals surface area contributed by atoms with E-state index in [9.17, 15) is 4.79 Å². The lowest BCUT2D eigenvalue weighted by atomic mass is 9.90. The molecule has 130 valence electrons. The van der Waals surface area contributed by atoms with Crippen molar-refractivity contribution in [2.75, 3.05) is 6.61 Å². The van der Waals surface area contributed by atoms with Crippen molar-refractivity contribution in [2.45, 2.75) is 51.9 Å². The van der Waals surface area contributed by atoms with Gasteiger partial charge in [-0.1, -0.05) is 37.5 Å². The molecule has 0 aromatic heterocycles. The van der Waals surface area contributed by atoms with Crippen LogP contribution in [0.5, 0.6) is 5.75 Å². The third kappa shape index (κ3) is 3.49. The van der Waals surface area contributed by atoms with Crippen molar-refractivity contribution in [3.8, 4) is 16.9 Å². The molecule has 25 heavy (non-hydrogen) atoms. The summed E-state index contributed by atoms with van der Waals surface area (Å²) < 4.78 is 6.01. The number of fused-ring (bicyclic) bond motifs is 1. The molecule has 4 rings (SSSR count). The normalized spacial score (nSPS) is 17.6. The molecule has 0 radical (unpaired) electrons. The van der Waals surface area contributed by atoms with Crippen LogP contribution in [0, 0.1) is 12.8 Å². The minimum absolute atomic E-state index is 0.288. The Kier molecular flexibility index (Phi) is 4.61. The maximum Gasteiger partial charge on any atom is 0.163 e. The Morgan fingerprint density at radius 3 is 2.48 bits per heavy atom. The molecule has 0 amide bonds. The molecule has 0 unspecified atom stereocenters. The lowest BCUT2D eigenvalue weighted by Gasteiger charge is -2.21. The summed E-state index contributed by atoms with van der Waals surface area (Å²) >= 11 is 0. The summed E-state index contributed by atoms with van der Waals surface area (Å²) in [5.41, 5.74) is 5.72. The number of aryl methyl sites for hydroxylation is 2. The molecule has 0 N–H and O–H groups in total. The molecule has 0 aliphatic heterocycles. The molecule has 0 saturated heterocycles. The van der Waals surface area contributed by atoms with Gasteiger partial charge in [-0.2, -0.15) is 0 Å². The monoisotopic (exact) mass is 334 g/mol. The molecule has 0 spiro atoms. The second kappa shape index (κ2) is 7.03. The van der Waals surface area contributed by atoms with Crippen LogP contribution < -0.4 is 4.74 Å². The SMILES string of the molecule is Cc1cc2c(cc1-c1ccc(OCC3CCCCC3)cc1)CCC2=O. The van der Waals surface area contributed by atoms with E-state index < -0.39 is 0 Å². The number of ether oxygens (including phenoxy) is 1. The topological polar surface area (TPSA) is 26.3 Å². The Balaban J connectivity index is 1.48. The molecule has 2 aromatic rings. The van der Waals surface area contributed by atoms with E-state index in [0.717, 1.165) is 30.3 Å². The number of rotatable bonds is 4. The van der Waals surface area contributed by atoms with Gasteiger partial charge in [-0.05, 0) is 72.6 Å². The summed E-state index contributed by atoms with van der Waals surface area (Å²) in [6.45, 7) is 2.94. The van der Waals surface area contributed by atoms with Gasteiger partial charge in [-0.25, -0.2) is 0 Å². The highest BCUT2D eigenvalue weighted by Gasteiger charge is 2.21. The molecule has 1 saturated carbocycles. The minimum atomic E-state index is 0.288. The van der Waals surface area contributed by atoms with Crippen molar-refractivity contribution in [1.82, 2.24) is 0 Å². The van der Waals surface area contributed by atoms with Gasteiger partial charge in [0.2, 0.25) is 0 Å². The van der Waals surface area contributed by atoms with E-state index in [0.29, 0.717) is 6.42 Å². The lowest BCUT2D eigenvalue weighted by Crippen LogP contribution is -2.15. The zero-order valence-corrected chi connectivity index (χ0v) is 15.0. The average Bonchev–Trinajstić information content (AvgIpc) is 3.01. The first-order chi connectivity index (χ1) is 12.2. The molecule has 0 heterocycles. The summed E-state index contributed by atoms with van der Waals surface area (Å²) in [5.74, 6) is 1.98. The standard InChI is InChI=1S/C23H26O2/c1-16-13-22-19(9-12-23(22)24)14-21(16)18-7-10-20(11-8-18)25-15-17-5-3-2-4-6-17/h7-8,10-11,13-14,17H,2-6,9,12,15H2,1H3. The molecule has 2 aliphatic carbocycles. The highest BCUT2D eigenvalue weighted by atomic mass is 16.5. The Labute approximate surface area is 150 Å². The second-order valence-electron chi connectivity index (χ2n) is 7.59. The van der Waals surface area contributed by atoms with Crippen LogP contribution in [0.3, 0.4) is 0 Å². The Morgan fingerprint density at radius 1 is 0.960 bits per heavy atom. The van der Waals surface area contributed by atoms with Crippen LogP contribution in [0.1, 0.15) is 60.0 Å². The lowest BCUT2D eigenvalue weighted by molar-refractivity contribution is 0.0994. The smallest absolute Gasteiger partial charge is 0.163 e. The van der Waals surface area contributed by atoms with Crippen LogP contribution in [-0.4, -0.2) is 12.4 Å². The highest BCUT2D eigenvalue weighted by Crippen LogP contribution is 2.32. The summed E-state index contributed by atoms with van der Waals surface area (Å²) in [6.07, 6.45) is 8.25. The van der Waals surface area contributed by atoms with E-state index in [-0.39, 0.29) is 5.78 Å². The molecule has 2 aliphatic rings. The zero-order chi connectivity index (χ0) is 17.2. The van der Waals surface area contributed by atoms with Gasteiger partial charge in [0, 0.05) is 12.0 Å². The fraction of sp³-hybridized carbons (Fsp3) is 0.435. The van der Waals surface area contributed by atoms with E-state index in [1.54, 1.807) is 0 Å². The van der Waals surface area contributed by atoms with Gasteiger partial charge in [0.25, 0.3) is 0 Å². The first-order valence-electron chi connectivity index (χ1n) is 9.60. The van der Waals surface area contributed by atoms with Crippen LogP contribution in [0.15, 0.2) is 36.4 Å². The third-order valence-electron chi connectivity index (χ3n) is 5.75. The van der Waals surface area contributed by atoms with E-state index >= 15 is 0 Å². The number of carbonyl (C=O) groups excluding carboxylic acids is 1. The van der Waals surface area contributed by atoms with Crippen LogP contribution in [0.25, 0.3) is 11.1 Å². The van der Waals surface area contributed by atoms with Gasteiger partial charge in [0.15, 0.2) is 5.78 Å². The molecule has 2 heteroatoms. The quantitative estimate of drug-likeness (QED) is 0.711. The van der Waals surface area contributed by atoms with Gasteiger partial charge in [-0.3, -0.25) is 4.79 Å². The van der Waals surface area contributed by atoms with Crippen molar-refractivity contribution in [3.05, 3.63) is 53.1 Å². The fourth-order valence-electron chi connectivity index (χ4n) is 4.21. The maximum atomic E-state index is 11.9. The zero-order valence-electron chi connectivity index (χ0n) is 15.0. The molecule has 2 aromatic carbocycles. The van der Waals surface area contributed by atoms with Crippen molar-refractivity contribution in [3.63, 3.8) is 0 Å². The number of benzene rings is 2. The largest absolute Gasteiger partial charge is 0.493 e. The number of ketones is 1. The van der Waals surface area contributed by atoms with Gasteiger partial charge in [0.1, 0.15) is 5.75 Å². The summed E-state index contributed by atoms with van der Waals surface area (Å²) in [6, 6.07) is 12.7. The summed E-state index contributed by atoms with van der Waals surface area (Å²) in [7, 11) is 0. The Bertz CT molecular complexity index is 767. The Hall–Kier alpha value is -2.09. The number of carbonyl (C=O) groups is 1. The third-order valence-corrected chi connectivity index (χ3v) is 5.75. The van der Waals surface area contributed by atoms with Gasteiger partial charge in [-0.15, -0.1) is 0 Å². The van der Waals surface area contributed by atoms with Crippen molar-refractivity contribution in [2.24, 2.45) is 5.92 Å². The second-order valence-corrected chi connectivity index (χ2v) is 7.59. The average molecular weight is 334 g/mol. The first-order valence-corrected chi connectivity index (χ1v) is 9.60. The van der Waals surface area contributed by atoms with Gasteiger partial charge in [0.05, 0.1) is 6.61 Å². The van der Waals surface area contributed by atoms with Crippen LogP contribution >= 0.6 is 0 Å². The van der Waals surface area contributed by atoms with E-state index in [4.69, 9.17) is 4.74 Å². The molecule has 1 fully saturated rings. The molecule has 0 atom stereocenters. The van der Waals surface area contributed by atoms with Crippen molar-refractivity contribution >= 4 is 5.78 Å². The number of hydrogen-bond donors (Lipinski definition) is 0. The summed E-state index contributed by atoms with van der Waals surface area (Å²) in [4.78, 5) is 11.9. The first kappa shape index (κ1) is 16.4. The van der Waals surface area contributed by atoms with Crippen LogP contribution in [0.2, 0.25) is 0 Å². The minimum Gasteiger partial charge on any atom is -0.493 e. The van der Waals surface area contributed by atoms with Crippen LogP contribution in [-0.2, 0) is 6.42 Å². The number of Topliss-reactive ketones (excluding diaryl/α,β-unsaturated/α-hetero) is 1. The van der Waals surface area contributed by atoms with Crippen molar-refractivity contribution < 1.29 is 9.53 Å². The predicted molar refractivity (Wildman–Crippen MR) is 101 cm³/mol. The van der Waals surface area contributed by atoms with E-state index in [2.05, 4.69) is 43.3 Å². The van der Waals surface area contributed by atoms with E-state index in [1.165, 1.54) is 54.4 Å². The van der Waals surface area contributed by atoms with Crippen molar-refractivity contribution in [1.29, 1.82) is 0 Å². The summed E-state index contributed by atoms with van der Waals surface area (Å²) in [5, 5.41) is 0. The van der Waals surface area contributed by atoms with Crippen LogP contribution in [0.4, 0.5) is 0 Å². The molecular weight excluding hydrogens is 308 g/mol. The maximum absolute atomic E-state index is 11.9. The van der Waals surface area contributed by atoms with Gasteiger partial charge < -0.3 is 4.74 Å². The van der Waals surface area contributed by atoms with E-state index in [1.807, 2.05) is 0 Å². The predicted octanol–water partition coefficient (Wildman–Crippen LogP) is 5.75. The highest BCUT2D eigenvalue weighted by molar-refractivity contribution is 6.01. The molecular formula is C23H26O2. The number of hydrogen-bond acceptors (Lipinski definition) is 2.